The average molecular weight is 301 g/mol. The lowest BCUT2D eigenvalue weighted by atomic mass is 10.1. The summed E-state index contributed by atoms with van der Waals surface area (Å²) >= 11 is 1.37. The number of carboxylic acid groups (broad SMARTS) is 1. The second kappa shape index (κ2) is 5.33. The van der Waals surface area contributed by atoms with Crippen molar-refractivity contribution in [2.24, 2.45) is 5.41 Å². The van der Waals surface area contributed by atoms with Crippen LogP contribution in [0.1, 0.15) is 22.5 Å². The molecule has 1 amide bonds. The van der Waals surface area contributed by atoms with Crippen molar-refractivity contribution in [3.05, 3.63) is 46.7 Å². The minimum Gasteiger partial charge on any atom is -0.481 e. The zero-order chi connectivity index (χ0) is 14.9. The Morgan fingerprint density at radius 3 is 2.52 bits per heavy atom. The van der Waals surface area contributed by atoms with Gasteiger partial charge in [-0.15, -0.1) is 11.3 Å². The van der Waals surface area contributed by atoms with Crippen molar-refractivity contribution in [2.45, 2.75) is 12.8 Å². The van der Waals surface area contributed by atoms with Crippen LogP contribution in [0.4, 0.5) is 0 Å². The minimum absolute atomic E-state index is 0.198. The molecule has 0 aliphatic heterocycles. The largest absolute Gasteiger partial charge is 0.481 e. The molecule has 0 atom stereocenters. The first-order valence-corrected chi connectivity index (χ1v) is 7.65. The zero-order valence-corrected chi connectivity index (χ0v) is 12.2. The summed E-state index contributed by atoms with van der Waals surface area (Å²) in [6.07, 6.45) is 1.27. The van der Waals surface area contributed by atoms with E-state index in [9.17, 15) is 9.59 Å². The maximum Gasteiger partial charge on any atom is 0.311 e. The van der Waals surface area contributed by atoms with Crippen molar-refractivity contribution < 1.29 is 14.7 Å². The maximum absolute atomic E-state index is 12.3. The van der Waals surface area contributed by atoms with Gasteiger partial charge >= 0.3 is 5.97 Å². The van der Waals surface area contributed by atoms with E-state index in [1.54, 1.807) is 0 Å². The second-order valence-electron chi connectivity index (χ2n) is 5.30. The van der Waals surface area contributed by atoms with Gasteiger partial charge in [-0.05, 0) is 29.9 Å². The summed E-state index contributed by atoms with van der Waals surface area (Å²) in [6, 6.07) is 11.6. The number of amides is 1. The highest BCUT2D eigenvalue weighted by Gasteiger charge is 2.50. The summed E-state index contributed by atoms with van der Waals surface area (Å²) < 4.78 is 0. The number of carbonyl (C=O) groups is 2. The van der Waals surface area contributed by atoms with Gasteiger partial charge in [0.25, 0.3) is 5.91 Å². The number of thiophene rings is 1. The van der Waals surface area contributed by atoms with E-state index in [-0.39, 0.29) is 12.5 Å². The topological polar surface area (TPSA) is 66.4 Å². The molecule has 1 saturated carbocycles. The van der Waals surface area contributed by atoms with Crippen LogP contribution in [0.15, 0.2) is 41.8 Å². The first-order valence-electron chi connectivity index (χ1n) is 6.77. The highest BCUT2D eigenvalue weighted by atomic mass is 32.1. The zero-order valence-electron chi connectivity index (χ0n) is 11.3. The third-order valence-electron chi connectivity index (χ3n) is 3.85. The average Bonchev–Trinajstić information content (AvgIpc) is 3.14. The maximum atomic E-state index is 12.3. The first kappa shape index (κ1) is 13.8. The molecule has 2 N–H and O–H groups in total. The molecule has 108 valence electrons. The fraction of sp³-hybridized carbons (Fsp3) is 0.250. The van der Waals surface area contributed by atoms with Crippen LogP contribution >= 0.6 is 11.3 Å². The third-order valence-corrected chi connectivity index (χ3v) is 4.76. The van der Waals surface area contributed by atoms with E-state index in [4.69, 9.17) is 5.11 Å². The van der Waals surface area contributed by atoms with E-state index in [0.717, 1.165) is 11.1 Å². The number of carbonyl (C=O) groups excluding carboxylic acids is 1. The Morgan fingerprint density at radius 1 is 1.19 bits per heavy atom. The quantitative estimate of drug-likeness (QED) is 0.892. The van der Waals surface area contributed by atoms with Gasteiger partial charge in [0, 0.05) is 12.1 Å². The van der Waals surface area contributed by atoms with Crippen LogP contribution in [0, 0.1) is 5.41 Å². The Bertz CT molecular complexity index is 674. The summed E-state index contributed by atoms with van der Waals surface area (Å²) in [5, 5.41) is 13.8. The molecular weight excluding hydrogens is 286 g/mol. The summed E-state index contributed by atoms with van der Waals surface area (Å²) in [5.41, 5.74) is 1.14. The number of carboxylic acids is 1. The molecule has 0 radical (unpaired) electrons. The third kappa shape index (κ3) is 2.69. The predicted octanol–water partition coefficient (Wildman–Crippen LogP) is 3.01. The molecule has 0 unspecified atom stereocenters. The van der Waals surface area contributed by atoms with E-state index in [1.165, 1.54) is 11.3 Å². The van der Waals surface area contributed by atoms with Crippen LogP contribution in [0.3, 0.4) is 0 Å². The Morgan fingerprint density at radius 2 is 1.90 bits per heavy atom. The van der Waals surface area contributed by atoms with Gasteiger partial charge in [0.05, 0.1) is 10.3 Å². The van der Waals surface area contributed by atoms with Crippen LogP contribution in [-0.4, -0.2) is 23.5 Å². The molecule has 5 heteroatoms. The molecule has 2 aromatic rings. The Kier molecular flexibility index (Phi) is 3.51. The van der Waals surface area contributed by atoms with Gasteiger partial charge in [-0.3, -0.25) is 9.59 Å². The number of benzene rings is 1. The molecule has 1 aromatic carbocycles. The number of aliphatic carboxylic acids is 1. The van der Waals surface area contributed by atoms with Gasteiger partial charge in [0.15, 0.2) is 0 Å². The van der Waals surface area contributed by atoms with Crippen molar-refractivity contribution in [3.8, 4) is 11.1 Å². The second-order valence-corrected chi connectivity index (χ2v) is 6.21. The molecule has 3 rings (SSSR count). The Hall–Kier alpha value is -2.14. The van der Waals surface area contributed by atoms with Crippen molar-refractivity contribution in [1.29, 1.82) is 0 Å². The summed E-state index contributed by atoms with van der Waals surface area (Å²) in [5.74, 6) is -1.02. The normalized spacial score (nSPS) is 15.4. The lowest BCUT2D eigenvalue weighted by molar-refractivity contribution is -0.143. The van der Waals surface area contributed by atoms with E-state index < -0.39 is 11.4 Å². The van der Waals surface area contributed by atoms with Gasteiger partial charge in [-0.2, -0.15) is 0 Å². The van der Waals surface area contributed by atoms with Gasteiger partial charge < -0.3 is 10.4 Å². The molecule has 1 fully saturated rings. The van der Waals surface area contributed by atoms with Crippen molar-refractivity contribution in [1.82, 2.24) is 5.32 Å². The van der Waals surface area contributed by atoms with Crippen molar-refractivity contribution in [2.75, 3.05) is 6.54 Å². The van der Waals surface area contributed by atoms with Gasteiger partial charge in [-0.1, -0.05) is 30.3 Å². The lowest BCUT2D eigenvalue weighted by Gasteiger charge is -2.11. The molecule has 1 aliphatic carbocycles. The number of hydrogen-bond acceptors (Lipinski definition) is 3. The molecule has 0 spiro atoms. The van der Waals surface area contributed by atoms with E-state index in [1.807, 2.05) is 41.8 Å². The molecule has 0 saturated heterocycles. The van der Waals surface area contributed by atoms with Crippen LogP contribution in [0.25, 0.3) is 11.1 Å². The molecule has 0 bridgehead atoms. The molecule has 1 heterocycles. The molecule has 21 heavy (non-hydrogen) atoms. The van der Waals surface area contributed by atoms with Gasteiger partial charge in [0.1, 0.15) is 0 Å². The smallest absolute Gasteiger partial charge is 0.311 e. The van der Waals surface area contributed by atoms with E-state index in [0.29, 0.717) is 17.7 Å². The van der Waals surface area contributed by atoms with Crippen LogP contribution < -0.4 is 5.32 Å². The van der Waals surface area contributed by atoms with Crippen LogP contribution in [0.2, 0.25) is 0 Å². The summed E-state index contributed by atoms with van der Waals surface area (Å²) in [4.78, 5) is 24.1. The van der Waals surface area contributed by atoms with E-state index >= 15 is 0 Å². The van der Waals surface area contributed by atoms with Gasteiger partial charge in [0.2, 0.25) is 0 Å². The number of rotatable bonds is 5. The number of hydrogen-bond donors (Lipinski definition) is 2. The predicted molar refractivity (Wildman–Crippen MR) is 81.4 cm³/mol. The molecule has 1 aliphatic rings. The van der Waals surface area contributed by atoms with Crippen LogP contribution in [-0.2, 0) is 4.79 Å². The highest BCUT2D eigenvalue weighted by Crippen LogP contribution is 2.45. The fourth-order valence-electron chi connectivity index (χ4n) is 2.28. The van der Waals surface area contributed by atoms with E-state index in [2.05, 4.69) is 5.32 Å². The Labute approximate surface area is 126 Å². The summed E-state index contributed by atoms with van der Waals surface area (Å²) in [6.45, 7) is 0.202. The number of nitrogens with one attached hydrogen (secondary N) is 1. The highest BCUT2D eigenvalue weighted by molar-refractivity contribution is 7.12. The monoisotopic (exact) mass is 301 g/mol. The van der Waals surface area contributed by atoms with Crippen molar-refractivity contribution in [3.63, 3.8) is 0 Å². The lowest BCUT2D eigenvalue weighted by Crippen LogP contribution is -2.34. The summed E-state index contributed by atoms with van der Waals surface area (Å²) in [7, 11) is 0. The standard InChI is InChI=1S/C16H15NO3S/c18-14(17-10-16(7-8-16)15(19)20)13-12(6-9-21-13)11-4-2-1-3-5-11/h1-6,9H,7-8,10H2,(H,17,18)(H,19,20). The van der Waals surface area contributed by atoms with Crippen LogP contribution in [0.5, 0.6) is 0 Å². The fourth-order valence-corrected chi connectivity index (χ4v) is 3.11. The Balaban J connectivity index is 1.75. The SMILES string of the molecule is O=C(NCC1(C(=O)O)CC1)c1sccc1-c1ccccc1. The molecule has 1 aromatic heterocycles. The minimum atomic E-state index is -0.822. The van der Waals surface area contributed by atoms with Crippen molar-refractivity contribution >= 4 is 23.2 Å². The first-order chi connectivity index (χ1) is 10.1. The molecular formula is C16H15NO3S. The van der Waals surface area contributed by atoms with Gasteiger partial charge in [-0.25, -0.2) is 0 Å². The molecule has 4 nitrogen and oxygen atoms in total.